The number of benzene rings is 1. The van der Waals surface area contributed by atoms with Crippen LogP contribution < -0.4 is 5.32 Å². The highest BCUT2D eigenvalue weighted by atomic mass is 35.5. The standard InChI is InChI=1S/C18H28N4O.2ClH/c1-20(2)13-15-4-3-5-16(12-15)18(23)22-9-6-17(14-22)21-10-7-19-8-11-21;;/h3-5,12,17,19H,6-11,13-14H2,1-2H3;2*1H. The minimum atomic E-state index is 0. The number of hydrogen-bond acceptors (Lipinski definition) is 4. The second kappa shape index (κ2) is 10.3. The van der Waals surface area contributed by atoms with Gasteiger partial charge in [-0.3, -0.25) is 9.69 Å². The van der Waals surface area contributed by atoms with Crippen molar-refractivity contribution in [1.29, 1.82) is 0 Å². The molecule has 1 unspecified atom stereocenters. The quantitative estimate of drug-likeness (QED) is 0.851. The van der Waals surface area contributed by atoms with E-state index in [-0.39, 0.29) is 30.7 Å². The van der Waals surface area contributed by atoms with Crippen LogP contribution in [0.4, 0.5) is 0 Å². The molecule has 0 aromatic heterocycles. The van der Waals surface area contributed by atoms with Crippen LogP contribution in [0.15, 0.2) is 24.3 Å². The van der Waals surface area contributed by atoms with Gasteiger partial charge in [0, 0.05) is 57.4 Å². The Balaban J connectivity index is 0.00000156. The second-order valence-corrected chi connectivity index (χ2v) is 6.92. The van der Waals surface area contributed by atoms with Gasteiger partial charge in [-0.1, -0.05) is 12.1 Å². The molecular formula is C18H30Cl2N4O. The van der Waals surface area contributed by atoms with Gasteiger partial charge in [0.2, 0.25) is 0 Å². The maximum atomic E-state index is 12.8. The summed E-state index contributed by atoms with van der Waals surface area (Å²) in [5, 5.41) is 3.39. The summed E-state index contributed by atoms with van der Waals surface area (Å²) in [6, 6.07) is 8.60. The third-order valence-corrected chi connectivity index (χ3v) is 4.79. The average molecular weight is 389 g/mol. The predicted molar refractivity (Wildman–Crippen MR) is 107 cm³/mol. The Labute approximate surface area is 163 Å². The fourth-order valence-electron chi connectivity index (χ4n) is 3.62. The van der Waals surface area contributed by atoms with Crippen LogP contribution in [0.2, 0.25) is 0 Å². The van der Waals surface area contributed by atoms with E-state index in [0.29, 0.717) is 6.04 Å². The zero-order valence-corrected chi connectivity index (χ0v) is 16.7. The molecule has 142 valence electrons. The lowest BCUT2D eigenvalue weighted by Crippen LogP contribution is -2.49. The summed E-state index contributed by atoms with van der Waals surface area (Å²) in [4.78, 5) is 19.5. The van der Waals surface area contributed by atoms with E-state index in [2.05, 4.69) is 21.2 Å². The van der Waals surface area contributed by atoms with Gasteiger partial charge in [0.15, 0.2) is 0 Å². The van der Waals surface area contributed by atoms with Crippen LogP contribution in [0.5, 0.6) is 0 Å². The first-order valence-corrected chi connectivity index (χ1v) is 8.61. The van der Waals surface area contributed by atoms with Crippen molar-refractivity contribution in [2.24, 2.45) is 0 Å². The van der Waals surface area contributed by atoms with Crippen molar-refractivity contribution < 1.29 is 4.79 Å². The van der Waals surface area contributed by atoms with E-state index in [0.717, 1.165) is 57.8 Å². The lowest BCUT2D eigenvalue weighted by atomic mass is 10.1. The van der Waals surface area contributed by atoms with Gasteiger partial charge < -0.3 is 15.1 Å². The summed E-state index contributed by atoms with van der Waals surface area (Å²) in [5.74, 6) is 0.184. The highest BCUT2D eigenvalue weighted by Crippen LogP contribution is 2.19. The molecule has 1 aromatic rings. The molecule has 0 aliphatic carbocycles. The largest absolute Gasteiger partial charge is 0.337 e. The van der Waals surface area contributed by atoms with Crippen molar-refractivity contribution in [2.75, 3.05) is 53.4 Å². The molecule has 25 heavy (non-hydrogen) atoms. The number of nitrogens with zero attached hydrogens (tertiary/aromatic N) is 3. The summed E-state index contributed by atoms with van der Waals surface area (Å²) >= 11 is 0. The molecule has 7 heteroatoms. The highest BCUT2D eigenvalue weighted by molar-refractivity contribution is 5.94. The molecule has 1 aromatic carbocycles. The maximum absolute atomic E-state index is 12.8. The normalized spacial score (nSPS) is 20.9. The average Bonchev–Trinajstić information content (AvgIpc) is 3.04. The van der Waals surface area contributed by atoms with Gasteiger partial charge in [-0.05, 0) is 38.2 Å². The molecule has 1 amide bonds. The molecule has 0 saturated carbocycles. The molecular weight excluding hydrogens is 359 g/mol. The van der Waals surface area contributed by atoms with Crippen LogP contribution in [0.3, 0.4) is 0 Å². The molecule has 2 fully saturated rings. The molecule has 0 spiro atoms. The number of hydrogen-bond donors (Lipinski definition) is 1. The number of amides is 1. The number of carbonyl (C=O) groups is 1. The van der Waals surface area contributed by atoms with Gasteiger partial charge in [-0.2, -0.15) is 0 Å². The third kappa shape index (κ3) is 5.83. The molecule has 2 heterocycles. The van der Waals surface area contributed by atoms with Crippen molar-refractivity contribution in [1.82, 2.24) is 20.0 Å². The Morgan fingerprint density at radius 1 is 1.20 bits per heavy atom. The van der Waals surface area contributed by atoms with Gasteiger partial charge in [0.1, 0.15) is 0 Å². The van der Waals surface area contributed by atoms with E-state index in [1.165, 1.54) is 5.56 Å². The van der Waals surface area contributed by atoms with Gasteiger partial charge in [0.05, 0.1) is 0 Å². The molecule has 2 aliphatic heterocycles. The number of likely N-dealkylation sites (tertiary alicyclic amines) is 1. The maximum Gasteiger partial charge on any atom is 0.253 e. The number of halogens is 2. The number of rotatable bonds is 4. The van der Waals surface area contributed by atoms with Crippen molar-refractivity contribution in [3.05, 3.63) is 35.4 Å². The molecule has 3 rings (SSSR count). The van der Waals surface area contributed by atoms with Gasteiger partial charge in [-0.15, -0.1) is 24.8 Å². The van der Waals surface area contributed by atoms with E-state index < -0.39 is 0 Å². The van der Waals surface area contributed by atoms with E-state index in [4.69, 9.17) is 0 Å². The molecule has 5 nitrogen and oxygen atoms in total. The van der Waals surface area contributed by atoms with E-state index >= 15 is 0 Å². The van der Waals surface area contributed by atoms with Crippen LogP contribution in [0, 0.1) is 0 Å². The van der Waals surface area contributed by atoms with Crippen LogP contribution in [0.1, 0.15) is 22.3 Å². The molecule has 1 atom stereocenters. The van der Waals surface area contributed by atoms with Crippen molar-refractivity contribution in [3.8, 4) is 0 Å². The SMILES string of the molecule is CN(C)Cc1cccc(C(=O)N2CCC(N3CCNCC3)C2)c1.Cl.Cl. The van der Waals surface area contributed by atoms with Gasteiger partial charge >= 0.3 is 0 Å². The first-order valence-electron chi connectivity index (χ1n) is 8.61. The topological polar surface area (TPSA) is 38.8 Å². The smallest absolute Gasteiger partial charge is 0.253 e. The molecule has 0 radical (unpaired) electrons. The first kappa shape index (κ1) is 22.2. The number of nitrogens with one attached hydrogen (secondary N) is 1. The fraction of sp³-hybridized carbons (Fsp3) is 0.611. The van der Waals surface area contributed by atoms with Crippen molar-refractivity contribution in [2.45, 2.75) is 19.0 Å². The van der Waals surface area contributed by atoms with Crippen LogP contribution >= 0.6 is 24.8 Å². The second-order valence-electron chi connectivity index (χ2n) is 6.92. The Hall–Kier alpha value is -0.850. The lowest BCUT2D eigenvalue weighted by molar-refractivity contribution is 0.0773. The fourth-order valence-corrected chi connectivity index (χ4v) is 3.62. The Bertz CT molecular complexity index is 550. The zero-order valence-electron chi connectivity index (χ0n) is 15.1. The van der Waals surface area contributed by atoms with Crippen LogP contribution in [-0.4, -0.2) is 80.0 Å². The first-order chi connectivity index (χ1) is 11.1. The van der Waals surface area contributed by atoms with Crippen molar-refractivity contribution >= 4 is 30.7 Å². The highest BCUT2D eigenvalue weighted by Gasteiger charge is 2.31. The Morgan fingerprint density at radius 3 is 2.60 bits per heavy atom. The van der Waals surface area contributed by atoms with E-state index in [1.807, 2.05) is 37.2 Å². The number of piperazine rings is 1. The van der Waals surface area contributed by atoms with E-state index in [1.54, 1.807) is 0 Å². The minimum Gasteiger partial charge on any atom is -0.337 e. The minimum absolute atomic E-state index is 0. The van der Waals surface area contributed by atoms with Crippen molar-refractivity contribution in [3.63, 3.8) is 0 Å². The lowest BCUT2D eigenvalue weighted by Gasteiger charge is -2.32. The third-order valence-electron chi connectivity index (χ3n) is 4.79. The molecule has 1 N–H and O–H groups in total. The Kier molecular flexibility index (Phi) is 9.17. The van der Waals surface area contributed by atoms with E-state index in [9.17, 15) is 4.79 Å². The summed E-state index contributed by atoms with van der Waals surface area (Å²) in [5.41, 5.74) is 2.02. The van der Waals surface area contributed by atoms with Crippen LogP contribution in [0.25, 0.3) is 0 Å². The molecule has 0 bridgehead atoms. The number of carbonyl (C=O) groups excluding carboxylic acids is 1. The molecule has 2 saturated heterocycles. The summed E-state index contributed by atoms with van der Waals surface area (Å²) in [7, 11) is 4.10. The predicted octanol–water partition coefficient (Wildman–Crippen LogP) is 1.71. The summed E-state index contributed by atoms with van der Waals surface area (Å²) in [6.45, 7) is 6.96. The monoisotopic (exact) mass is 388 g/mol. The van der Waals surface area contributed by atoms with Gasteiger partial charge in [-0.25, -0.2) is 0 Å². The summed E-state index contributed by atoms with van der Waals surface area (Å²) < 4.78 is 0. The van der Waals surface area contributed by atoms with Crippen LogP contribution in [-0.2, 0) is 6.54 Å². The van der Waals surface area contributed by atoms with Gasteiger partial charge in [0.25, 0.3) is 5.91 Å². The zero-order chi connectivity index (χ0) is 16.2. The summed E-state index contributed by atoms with van der Waals surface area (Å²) in [6.07, 6.45) is 1.10. The Morgan fingerprint density at radius 2 is 1.92 bits per heavy atom. The molecule has 2 aliphatic rings.